The third-order valence-corrected chi connectivity index (χ3v) is 8.52. The molecule has 0 unspecified atom stereocenters. The van der Waals surface area contributed by atoms with Crippen molar-refractivity contribution in [1.82, 2.24) is 20.6 Å². The molecule has 13 heteroatoms. The Hall–Kier alpha value is -2.80. The predicted molar refractivity (Wildman–Crippen MR) is 127 cm³/mol. The highest BCUT2D eigenvalue weighted by atomic mass is 79.9. The Labute approximate surface area is 200 Å². The number of hydrogen-bond acceptors (Lipinski definition) is 7. The van der Waals surface area contributed by atoms with E-state index in [1.807, 2.05) is 0 Å². The van der Waals surface area contributed by atoms with Crippen LogP contribution >= 0.6 is 38.9 Å². The highest BCUT2D eigenvalue weighted by Crippen LogP contribution is 2.31. The van der Waals surface area contributed by atoms with Crippen molar-refractivity contribution in [2.24, 2.45) is 0 Å². The molecule has 0 atom stereocenters. The first-order valence-corrected chi connectivity index (χ1v) is 12.4. The summed E-state index contributed by atoms with van der Waals surface area (Å²) in [5, 5.41) is 16.9. The summed E-state index contributed by atoms with van der Waals surface area (Å²) >= 11 is 10.1. The number of tetrazole rings is 1. The van der Waals surface area contributed by atoms with Gasteiger partial charge in [0.2, 0.25) is 0 Å². The number of hydrogen-bond donors (Lipinski definition) is 2. The zero-order chi connectivity index (χ0) is 22.9. The van der Waals surface area contributed by atoms with E-state index in [-0.39, 0.29) is 9.09 Å². The smallest absolute Gasteiger partial charge is 0.273 e. The number of thiophene rings is 1. The molecule has 2 heterocycles. The Kier molecular flexibility index (Phi) is 6.29. The molecule has 1 amide bonds. The molecule has 2 aromatic carbocycles. The Morgan fingerprint density at radius 1 is 1.16 bits per heavy atom. The van der Waals surface area contributed by atoms with Crippen LogP contribution in [0.5, 0.6) is 0 Å². The number of nitrogens with zero attached hydrogens (tertiary/aromatic N) is 4. The summed E-state index contributed by atoms with van der Waals surface area (Å²) in [7, 11) is -2.41. The third-order valence-electron chi connectivity index (χ3n) is 4.44. The summed E-state index contributed by atoms with van der Waals surface area (Å²) in [4.78, 5) is 13.1. The molecule has 4 rings (SSSR count). The molecule has 0 aliphatic heterocycles. The summed E-state index contributed by atoms with van der Waals surface area (Å²) in [5.74, 6) is -0.0812. The largest absolute Gasteiger partial charge is 0.321 e. The highest BCUT2D eigenvalue weighted by Gasteiger charge is 2.25. The molecule has 0 spiro atoms. The van der Waals surface area contributed by atoms with E-state index in [0.717, 1.165) is 20.1 Å². The van der Waals surface area contributed by atoms with Crippen molar-refractivity contribution < 1.29 is 13.2 Å². The Morgan fingerprint density at radius 2 is 1.91 bits per heavy atom. The van der Waals surface area contributed by atoms with Gasteiger partial charge in [-0.05, 0) is 65.0 Å². The highest BCUT2D eigenvalue weighted by molar-refractivity contribution is 9.10. The van der Waals surface area contributed by atoms with Gasteiger partial charge in [0.05, 0.1) is 16.3 Å². The fraction of sp³-hybridized carbons (Fsp3) is 0.0526. The van der Waals surface area contributed by atoms with Gasteiger partial charge in [-0.25, -0.2) is 13.5 Å². The number of benzene rings is 2. The third kappa shape index (κ3) is 4.53. The number of halogens is 2. The van der Waals surface area contributed by atoms with E-state index in [2.05, 4.69) is 41.9 Å². The topological polar surface area (TPSA) is 121 Å². The van der Waals surface area contributed by atoms with E-state index in [4.69, 9.17) is 11.6 Å². The number of carbonyl (C=O) groups is 1. The first-order chi connectivity index (χ1) is 15.3. The Morgan fingerprint density at radius 3 is 2.59 bits per heavy atom. The van der Waals surface area contributed by atoms with Crippen molar-refractivity contribution in [1.29, 1.82) is 0 Å². The lowest BCUT2D eigenvalue weighted by atomic mass is 10.1. The lowest BCUT2D eigenvalue weighted by molar-refractivity contribution is 0.103. The minimum atomic E-state index is -3.85. The second-order valence-corrected chi connectivity index (χ2v) is 11.1. The number of amides is 1. The standard InChI is InChI=1S/C19H14BrClN6O3S2/c1-27(13-5-3-12(21)4-6-13)32(29,30)17-9-8-16(31-17)19(28)22-15-7-2-11(20)10-14(15)18-23-25-26-24-18/h2-10H,1H3,(H,22,28)(H,23,24,25,26). The maximum Gasteiger partial charge on any atom is 0.273 e. The lowest BCUT2D eigenvalue weighted by Crippen LogP contribution is -2.25. The zero-order valence-electron chi connectivity index (χ0n) is 16.3. The van der Waals surface area contributed by atoms with Crippen LogP contribution in [0, 0.1) is 0 Å². The van der Waals surface area contributed by atoms with Gasteiger partial charge < -0.3 is 5.32 Å². The molecule has 0 bridgehead atoms. The van der Waals surface area contributed by atoms with Gasteiger partial charge in [-0.15, -0.1) is 16.4 Å². The van der Waals surface area contributed by atoms with Gasteiger partial charge in [0.15, 0.2) is 5.82 Å². The minimum Gasteiger partial charge on any atom is -0.321 e. The van der Waals surface area contributed by atoms with Crippen LogP contribution < -0.4 is 9.62 Å². The molecule has 164 valence electrons. The normalized spacial score (nSPS) is 11.3. The van der Waals surface area contributed by atoms with Crippen molar-refractivity contribution >= 4 is 66.2 Å². The van der Waals surface area contributed by atoms with Crippen molar-refractivity contribution in [2.75, 3.05) is 16.7 Å². The molecule has 0 radical (unpaired) electrons. The van der Waals surface area contributed by atoms with E-state index in [0.29, 0.717) is 27.8 Å². The number of H-pyrrole nitrogens is 1. The Bertz CT molecular complexity index is 1370. The number of rotatable bonds is 6. The van der Waals surface area contributed by atoms with Crippen molar-refractivity contribution in [3.63, 3.8) is 0 Å². The van der Waals surface area contributed by atoms with Crippen LogP contribution in [-0.4, -0.2) is 42.0 Å². The molecule has 2 aromatic heterocycles. The minimum absolute atomic E-state index is 0.0376. The maximum atomic E-state index is 13.0. The van der Waals surface area contributed by atoms with Gasteiger partial charge in [-0.2, -0.15) is 0 Å². The van der Waals surface area contributed by atoms with Crippen LogP contribution in [0.3, 0.4) is 0 Å². The molecule has 0 saturated carbocycles. The van der Waals surface area contributed by atoms with Crippen molar-refractivity contribution in [3.05, 3.63) is 69.0 Å². The zero-order valence-corrected chi connectivity index (χ0v) is 20.3. The molecular formula is C19H14BrClN6O3S2. The van der Waals surface area contributed by atoms with Crippen LogP contribution in [0.15, 0.2) is 63.3 Å². The predicted octanol–water partition coefficient (Wildman–Crippen LogP) is 4.42. The van der Waals surface area contributed by atoms with Crippen LogP contribution in [0.4, 0.5) is 11.4 Å². The molecule has 0 fully saturated rings. The lowest BCUT2D eigenvalue weighted by Gasteiger charge is -2.18. The fourth-order valence-electron chi connectivity index (χ4n) is 2.78. The van der Waals surface area contributed by atoms with E-state index < -0.39 is 15.9 Å². The van der Waals surface area contributed by atoms with Crippen LogP contribution in [-0.2, 0) is 10.0 Å². The van der Waals surface area contributed by atoms with Gasteiger partial charge in [-0.1, -0.05) is 27.5 Å². The average molecular weight is 554 g/mol. The second-order valence-electron chi connectivity index (χ2n) is 6.46. The number of sulfonamides is 1. The van der Waals surface area contributed by atoms with E-state index in [1.165, 1.54) is 19.2 Å². The monoisotopic (exact) mass is 552 g/mol. The van der Waals surface area contributed by atoms with E-state index >= 15 is 0 Å². The van der Waals surface area contributed by atoms with Gasteiger partial charge in [0, 0.05) is 22.1 Å². The first kappa shape index (κ1) is 22.4. The van der Waals surface area contributed by atoms with Crippen molar-refractivity contribution in [3.8, 4) is 11.4 Å². The van der Waals surface area contributed by atoms with Crippen molar-refractivity contribution in [2.45, 2.75) is 4.21 Å². The number of nitrogens with one attached hydrogen (secondary N) is 2. The molecule has 0 saturated heterocycles. The second kappa shape index (κ2) is 8.98. The summed E-state index contributed by atoms with van der Waals surface area (Å²) in [5.41, 5.74) is 1.49. The SMILES string of the molecule is CN(c1ccc(Cl)cc1)S(=O)(=O)c1ccc(C(=O)Nc2ccc(Br)cc2-c2nnn[nH]2)s1. The maximum absolute atomic E-state index is 13.0. The summed E-state index contributed by atoms with van der Waals surface area (Å²) in [6.45, 7) is 0. The average Bonchev–Trinajstić information content (AvgIpc) is 3.48. The van der Waals surface area contributed by atoms with E-state index in [1.54, 1.807) is 42.5 Å². The van der Waals surface area contributed by atoms with Crippen LogP contribution in [0.1, 0.15) is 9.67 Å². The summed E-state index contributed by atoms with van der Waals surface area (Å²) < 4.78 is 27.9. The number of aromatic nitrogens is 4. The summed E-state index contributed by atoms with van der Waals surface area (Å²) in [6, 6.07) is 14.5. The van der Waals surface area contributed by atoms with Crippen LogP contribution in [0.25, 0.3) is 11.4 Å². The molecule has 4 aromatic rings. The van der Waals surface area contributed by atoms with Gasteiger partial charge in [0.25, 0.3) is 15.9 Å². The first-order valence-electron chi connectivity index (χ1n) is 8.95. The number of aromatic amines is 1. The summed E-state index contributed by atoms with van der Waals surface area (Å²) in [6.07, 6.45) is 0. The molecule has 9 nitrogen and oxygen atoms in total. The van der Waals surface area contributed by atoms with E-state index in [9.17, 15) is 13.2 Å². The molecule has 0 aliphatic rings. The number of anilines is 2. The number of carbonyl (C=O) groups excluding carboxylic acids is 1. The van der Waals surface area contributed by atoms with Gasteiger partial charge in [0.1, 0.15) is 4.21 Å². The van der Waals surface area contributed by atoms with Gasteiger partial charge >= 0.3 is 0 Å². The Balaban J connectivity index is 1.58. The fourth-order valence-corrected chi connectivity index (χ4v) is 5.84. The van der Waals surface area contributed by atoms with Crippen LogP contribution in [0.2, 0.25) is 5.02 Å². The van der Waals surface area contributed by atoms with Gasteiger partial charge in [-0.3, -0.25) is 9.10 Å². The molecule has 32 heavy (non-hydrogen) atoms. The molecule has 0 aliphatic carbocycles. The molecular weight excluding hydrogens is 540 g/mol. The quantitative estimate of drug-likeness (QED) is 0.365. The molecule has 2 N–H and O–H groups in total.